The fraction of sp³-hybridized carbons (Fsp3) is 0.500. The predicted molar refractivity (Wildman–Crippen MR) is 63.4 cm³/mol. The lowest BCUT2D eigenvalue weighted by atomic mass is 9.82. The monoisotopic (exact) mass is 230 g/mol. The van der Waals surface area contributed by atoms with Crippen molar-refractivity contribution in [3.8, 4) is 11.9 Å². The molecule has 1 aliphatic heterocycles. The number of fused-ring (bicyclic) bond motifs is 3. The van der Waals surface area contributed by atoms with Gasteiger partial charge in [0.05, 0.1) is 5.69 Å². The van der Waals surface area contributed by atoms with Gasteiger partial charge >= 0.3 is 0 Å². The number of nitrogens with two attached hydrogens (primary N) is 2. The Balaban J connectivity index is 2.15. The number of hydrogen-bond donors (Lipinski definition) is 2. The highest BCUT2D eigenvalue weighted by molar-refractivity contribution is 5.72. The molecule has 2 heterocycles. The lowest BCUT2D eigenvalue weighted by molar-refractivity contribution is 0.159. The molecular weight excluding hydrogens is 216 g/mol. The topological polar surface area (TPSA) is 98.0 Å². The number of anilines is 2. The van der Waals surface area contributed by atoms with Gasteiger partial charge in [0, 0.05) is 11.5 Å². The van der Waals surface area contributed by atoms with Crippen molar-refractivity contribution in [2.75, 3.05) is 11.5 Å². The second-order valence-corrected chi connectivity index (χ2v) is 4.66. The second-order valence-electron chi connectivity index (χ2n) is 4.66. The van der Waals surface area contributed by atoms with Crippen LogP contribution in [0.3, 0.4) is 0 Å². The number of hydrogen-bond acceptors (Lipinski definition) is 5. The first kappa shape index (κ1) is 10.2. The number of nitrogen functional groups attached to an aromatic ring is 2. The number of rotatable bonds is 0. The summed E-state index contributed by atoms with van der Waals surface area (Å²) in [4.78, 5) is 4.16. The van der Waals surface area contributed by atoms with Crippen LogP contribution in [0.5, 0.6) is 5.88 Å². The number of ether oxygens (including phenoxy) is 1. The SMILES string of the molecule is N#Cc1c(N)nc2c(c1N)[C@@H]1CCCC[C@H]1O2. The molecule has 88 valence electrons. The third-order valence-corrected chi connectivity index (χ3v) is 3.72. The van der Waals surface area contributed by atoms with Crippen molar-refractivity contribution >= 4 is 11.5 Å². The van der Waals surface area contributed by atoms with Gasteiger partial charge in [-0.15, -0.1) is 0 Å². The van der Waals surface area contributed by atoms with Crippen LogP contribution in [-0.2, 0) is 0 Å². The third kappa shape index (κ3) is 1.34. The molecule has 0 unspecified atom stereocenters. The smallest absolute Gasteiger partial charge is 0.221 e. The van der Waals surface area contributed by atoms with Gasteiger partial charge in [0.2, 0.25) is 5.88 Å². The van der Waals surface area contributed by atoms with Gasteiger partial charge in [-0.2, -0.15) is 10.2 Å². The minimum atomic E-state index is 0.168. The van der Waals surface area contributed by atoms with E-state index in [2.05, 4.69) is 4.98 Å². The summed E-state index contributed by atoms with van der Waals surface area (Å²) in [6, 6.07) is 2.02. The summed E-state index contributed by atoms with van der Waals surface area (Å²) < 4.78 is 5.79. The summed E-state index contributed by atoms with van der Waals surface area (Å²) in [5, 5.41) is 9.04. The van der Waals surface area contributed by atoms with E-state index in [-0.39, 0.29) is 11.9 Å². The van der Waals surface area contributed by atoms with Crippen LogP contribution < -0.4 is 16.2 Å². The molecule has 2 aliphatic rings. The first-order valence-electron chi connectivity index (χ1n) is 5.88. The standard InChI is InChI=1S/C12H14N4O/c13-5-7-10(14)9-6-3-1-2-4-8(6)17-12(9)16-11(7)15/h6,8H,1-4H2,(H4,14,15,16)/t6-,8-/m1/s1. The van der Waals surface area contributed by atoms with Crippen LogP contribution >= 0.6 is 0 Å². The molecule has 5 heteroatoms. The maximum absolute atomic E-state index is 9.04. The molecule has 5 nitrogen and oxygen atoms in total. The van der Waals surface area contributed by atoms with E-state index in [9.17, 15) is 0 Å². The molecule has 0 saturated heterocycles. The highest BCUT2D eigenvalue weighted by Crippen LogP contribution is 2.48. The van der Waals surface area contributed by atoms with Crippen LogP contribution in [0.4, 0.5) is 11.5 Å². The lowest BCUT2D eigenvalue weighted by Gasteiger charge is -2.23. The van der Waals surface area contributed by atoms with Gasteiger partial charge < -0.3 is 16.2 Å². The van der Waals surface area contributed by atoms with E-state index in [1.807, 2.05) is 6.07 Å². The highest BCUT2D eigenvalue weighted by atomic mass is 16.5. The third-order valence-electron chi connectivity index (χ3n) is 3.72. The van der Waals surface area contributed by atoms with Crippen LogP contribution in [0.2, 0.25) is 0 Å². The van der Waals surface area contributed by atoms with Crippen LogP contribution in [0.15, 0.2) is 0 Å². The van der Waals surface area contributed by atoms with Crippen LogP contribution in [0.1, 0.15) is 42.7 Å². The summed E-state index contributed by atoms with van der Waals surface area (Å²) in [5.74, 6) is 0.997. The fourth-order valence-corrected chi connectivity index (χ4v) is 2.89. The Kier molecular flexibility index (Phi) is 2.11. The van der Waals surface area contributed by atoms with Crippen LogP contribution in [-0.4, -0.2) is 11.1 Å². The molecule has 1 aliphatic carbocycles. The first-order chi connectivity index (χ1) is 8.22. The predicted octanol–water partition coefficient (Wildman–Crippen LogP) is 1.54. The number of nitrogens with zero attached hydrogens (tertiary/aromatic N) is 2. The Morgan fingerprint density at radius 1 is 1.29 bits per heavy atom. The summed E-state index contributed by atoms with van der Waals surface area (Å²) in [6.07, 6.45) is 4.60. The van der Waals surface area contributed by atoms with Crippen molar-refractivity contribution in [2.24, 2.45) is 0 Å². The molecule has 0 aromatic carbocycles. The molecule has 1 aromatic heterocycles. The average molecular weight is 230 g/mol. The number of pyridine rings is 1. The molecule has 0 spiro atoms. The van der Waals surface area contributed by atoms with E-state index in [1.54, 1.807) is 0 Å². The van der Waals surface area contributed by atoms with Gasteiger partial charge in [0.1, 0.15) is 23.6 Å². The van der Waals surface area contributed by atoms with Crippen molar-refractivity contribution in [3.63, 3.8) is 0 Å². The van der Waals surface area contributed by atoms with E-state index in [4.69, 9.17) is 21.5 Å². The zero-order valence-corrected chi connectivity index (χ0v) is 9.44. The van der Waals surface area contributed by atoms with Crippen molar-refractivity contribution < 1.29 is 4.74 Å². The molecule has 0 amide bonds. The van der Waals surface area contributed by atoms with Crippen LogP contribution in [0.25, 0.3) is 0 Å². The quantitative estimate of drug-likeness (QED) is 0.704. The van der Waals surface area contributed by atoms with Gasteiger partial charge in [0.15, 0.2) is 0 Å². The van der Waals surface area contributed by atoms with E-state index in [0.29, 0.717) is 23.0 Å². The maximum Gasteiger partial charge on any atom is 0.221 e. The fourth-order valence-electron chi connectivity index (χ4n) is 2.89. The van der Waals surface area contributed by atoms with Crippen molar-refractivity contribution in [1.82, 2.24) is 4.98 Å². The number of aromatic nitrogens is 1. The number of nitriles is 1. The molecule has 0 bridgehead atoms. The summed E-state index contributed by atoms with van der Waals surface area (Å²) in [5.41, 5.74) is 13.4. The molecular formula is C12H14N4O. The van der Waals surface area contributed by atoms with Gasteiger partial charge in [-0.05, 0) is 19.3 Å². The van der Waals surface area contributed by atoms with E-state index in [0.717, 1.165) is 18.4 Å². The summed E-state index contributed by atoms with van der Waals surface area (Å²) in [7, 11) is 0. The van der Waals surface area contributed by atoms with Crippen molar-refractivity contribution in [3.05, 3.63) is 11.1 Å². The van der Waals surface area contributed by atoms with E-state index < -0.39 is 0 Å². The van der Waals surface area contributed by atoms with Crippen LogP contribution in [0, 0.1) is 11.3 Å². The Hall–Kier alpha value is -1.96. The second kappa shape index (κ2) is 3.52. The molecule has 17 heavy (non-hydrogen) atoms. The largest absolute Gasteiger partial charge is 0.473 e. The van der Waals surface area contributed by atoms with E-state index >= 15 is 0 Å². The Morgan fingerprint density at radius 3 is 2.82 bits per heavy atom. The maximum atomic E-state index is 9.04. The average Bonchev–Trinajstić information content (AvgIpc) is 2.67. The Bertz CT molecular complexity index is 520. The molecule has 3 rings (SSSR count). The minimum absolute atomic E-state index is 0.168. The van der Waals surface area contributed by atoms with Gasteiger partial charge in [-0.1, -0.05) is 6.42 Å². The molecule has 0 radical (unpaired) electrons. The van der Waals surface area contributed by atoms with Gasteiger partial charge in [-0.3, -0.25) is 0 Å². The summed E-state index contributed by atoms with van der Waals surface area (Å²) in [6.45, 7) is 0. The summed E-state index contributed by atoms with van der Waals surface area (Å²) >= 11 is 0. The first-order valence-corrected chi connectivity index (χ1v) is 5.88. The molecule has 2 atom stereocenters. The Labute approximate surface area is 99.4 Å². The van der Waals surface area contributed by atoms with Crippen molar-refractivity contribution in [1.29, 1.82) is 5.26 Å². The molecule has 1 fully saturated rings. The highest BCUT2D eigenvalue weighted by Gasteiger charge is 2.39. The lowest BCUT2D eigenvalue weighted by Crippen LogP contribution is -2.22. The van der Waals surface area contributed by atoms with Gasteiger partial charge in [0.25, 0.3) is 0 Å². The van der Waals surface area contributed by atoms with Gasteiger partial charge in [-0.25, -0.2) is 0 Å². The molecule has 1 aromatic rings. The Morgan fingerprint density at radius 2 is 2.06 bits per heavy atom. The zero-order valence-electron chi connectivity index (χ0n) is 9.44. The normalized spacial score (nSPS) is 25.6. The molecule has 4 N–H and O–H groups in total. The van der Waals surface area contributed by atoms with Crippen molar-refractivity contribution in [2.45, 2.75) is 37.7 Å². The van der Waals surface area contributed by atoms with E-state index in [1.165, 1.54) is 12.8 Å². The molecule has 1 saturated carbocycles. The zero-order chi connectivity index (χ0) is 12.0. The minimum Gasteiger partial charge on any atom is -0.473 e.